The zero-order chi connectivity index (χ0) is 17.0. The zero-order valence-electron chi connectivity index (χ0n) is 13.0. The van der Waals surface area contributed by atoms with Gasteiger partial charge in [0, 0.05) is 12.1 Å². The lowest BCUT2D eigenvalue weighted by atomic mass is 10.2. The summed E-state index contributed by atoms with van der Waals surface area (Å²) >= 11 is 0. The maximum absolute atomic E-state index is 12.0. The van der Waals surface area contributed by atoms with Gasteiger partial charge in [0.15, 0.2) is 0 Å². The van der Waals surface area contributed by atoms with E-state index in [-0.39, 0.29) is 18.3 Å². The molecule has 0 atom stereocenters. The van der Waals surface area contributed by atoms with Crippen LogP contribution >= 0.6 is 0 Å². The van der Waals surface area contributed by atoms with E-state index in [1.807, 2.05) is 30.3 Å². The SMILES string of the molecule is O=C(NOCc1ccccc1)c1ccc(N2CCCS2(=O)=O)cc1. The molecule has 3 rings (SSSR count). The molecule has 1 heterocycles. The molecule has 1 saturated heterocycles. The molecule has 1 amide bonds. The first-order chi connectivity index (χ1) is 11.6. The van der Waals surface area contributed by atoms with Crippen molar-refractivity contribution in [3.63, 3.8) is 0 Å². The number of carbonyl (C=O) groups excluding carboxylic acids is 1. The van der Waals surface area contributed by atoms with Crippen molar-refractivity contribution in [2.75, 3.05) is 16.6 Å². The van der Waals surface area contributed by atoms with Crippen LogP contribution < -0.4 is 9.79 Å². The van der Waals surface area contributed by atoms with Crippen molar-refractivity contribution in [2.24, 2.45) is 0 Å². The second kappa shape index (κ2) is 7.02. The van der Waals surface area contributed by atoms with Crippen molar-refractivity contribution in [3.8, 4) is 0 Å². The molecule has 2 aromatic carbocycles. The third-order valence-electron chi connectivity index (χ3n) is 3.76. The van der Waals surface area contributed by atoms with Gasteiger partial charge in [0.25, 0.3) is 5.91 Å². The predicted molar refractivity (Wildman–Crippen MR) is 90.9 cm³/mol. The minimum Gasteiger partial charge on any atom is -0.270 e. The Balaban J connectivity index is 1.58. The Morgan fingerprint density at radius 3 is 2.42 bits per heavy atom. The molecule has 24 heavy (non-hydrogen) atoms. The maximum Gasteiger partial charge on any atom is 0.274 e. The number of hydrogen-bond acceptors (Lipinski definition) is 4. The smallest absolute Gasteiger partial charge is 0.270 e. The molecule has 2 aromatic rings. The molecule has 0 aliphatic carbocycles. The van der Waals surface area contributed by atoms with Crippen LogP contribution in [0.2, 0.25) is 0 Å². The van der Waals surface area contributed by atoms with E-state index >= 15 is 0 Å². The van der Waals surface area contributed by atoms with Crippen molar-refractivity contribution < 1.29 is 18.0 Å². The van der Waals surface area contributed by atoms with Crippen LogP contribution in [0.1, 0.15) is 22.3 Å². The van der Waals surface area contributed by atoms with E-state index in [9.17, 15) is 13.2 Å². The molecule has 0 radical (unpaired) electrons. The fourth-order valence-electron chi connectivity index (χ4n) is 2.53. The topological polar surface area (TPSA) is 75.7 Å². The minimum absolute atomic E-state index is 0.169. The van der Waals surface area contributed by atoms with E-state index in [0.717, 1.165) is 5.56 Å². The standard InChI is InChI=1S/C17H18N2O4S/c20-17(18-23-13-14-5-2-1-3-6-14)15-7-9-16(10-8-15)19-11-4-12-24(19,21)22/h1-3,5-10H,4,11-13H2,(H,18,20). The number of benzene rings is 2. The molecule has 126 valence electrons. The largest absolute Gasteiger partial charge is 0.274 e. The average molecular weight is 346 g/mol. The van der Waals surface area contributed by atoms with Gasteiger partial charge in [0.1, 0.15) is 0 Å². The van der Waals surface area contributed by atoms with Crippen LogP contribution in [-0.2, 0) is 21.5 Å². The molecule has 1 aliphatic heterocycles. The third kappa shape index (κ3) is 3.74. The molecule has 0 bridgehead atoms. The molecule has 7 heteroatoms. The Hall–Kier alpha value is -2.38. The first-order valence-electron chi connectivity index (χ1n) is 7.63. The van der Waals surface area contributed by atoms with E-state index in [1.165, 1.54) is 4.31 Å². The van der Waals surface area contributed by atoms with Crippen molar-refractivity contribution in [3.05, 3.63) is 65.7 Å². The van der Waals surface area contributed by atoms with Crippen molar-refractivity contribution in [2.45, 2.75) is 13.0 Å². The third-order valence-corrected chi connectivity index (χ3v) is 5.63. The van der Waals surface area contributed by atoms with Gasteiger partial charge in [-0.05, 0) is 36.2 Å². The molecule has 0 saturated carbocycles. The average Bonchev–Trinajstić information content (AvgIpc) is 2.95. The van der Waals surface area contributed by atoms with Crippen molar-refractivity contribution >= 4 is 21.6 Å². The summed E-state index contributed by atoms with van der Waals surface area (Å²) in [5.74, 6) is -0.204. The summed E-state index contributed by atoms with van der Waals surface area (Å²) in [5.41, 5.74) is 4.32. The lowest BCUT2D eigenvalue weighted by molar-refractivity contribution is 0.0233. The Labute approximate surface area is 141 Å². The minimum atomic E-state index is -3.21. The molecule has 0 aromatic heterocycles. The summed E-state index contributed by atoms with van der Waals surface area (Å²) in [4.78, 5) is 17.2. The molecule has 1 aliphatic rings. The quantitative estimate of drug-likeness (QED) is 0.841. The highest BCUT2D eigenvalue weighted by molar-refractivity contribution is 7.93. The van der Waals surface area contributed by atoms with Gasteiger partial charge in [-0.3, -0.25) is 13.9 Å². The lowest BCUT2D eigenvalue weighted by Crippen LogP contribution is -2.26. The van der Waals surface area contributed by atoms with E-state index in [1.54, 1.807) is 24.3 Å². The first kappa shape index (κ1) is 16.5. The Morgan fingerprint density at radius 2 is 1.79 bits per heavy atom. The second-order valence-corrected chi connectivity index (χ2v) is 7.51. The number of sulfonamides is 1. The summed E-state index contributed by atoms with van der Waals surface area (Å²) in [6, 6.07) is 15.9. The van der Waals surface area contributed by atoms with Gasteiger partial charge in [0.05, 0.1) is 18.0 Å². The number of rotatable bonds is 5. The number of nitrogens with zero attached hydrogens (tertiary/aromatic N) is 1. The van der Waals surface area contributed by atoms with Gasteiger partial charge in [-0.25, -0.2) is 13.9 Å². The highest BCUT2D eigenvalue weighted by atomic mass is 32.2. The van der Waals surface area contributed by atoms with Crippen molar-refractivity contribution in [1.29, 1.82) is 0 Å². The molecular formula is C17H18N2O4S. The number of hydrogen-bond donors (Lipinski definition) is 1. The molecular weight excluding hydrogens is 328 g/mol. The Bertz CT molecular complexity index is 804. The van der Waals surface area contributed by atoms with Gasteiger partial charge in [-0.2, -0.15) is 0 Å². The summed E-state index contributed by atoms with van der Waals surface area (Å²) in [5, 5.41) is 0. The normalized spacial score (nSPS) is 16.1. The molecule has 0 unspecified atom stereocenters. The Kier molecular flexibility index (Phi) is 4.82. The molecule has 0 spiro atoms. The monoisotopic (exact) mass is 346 g/mol. The maximum atomic E-state index is 12.0. The molecule has 1 fully saturated rings. The number of nitrogens with one attached hydrogen (secondary N) is 1. The van der Waals surface area contributed by atoms with E-state index < -0.39 is 10.0 Å². The van der Waals surface area contributed by atoms with Crippen LogP contribution in [0.15, 0.2) is 54.6 Å². The number of amides is 1. The second-order valence-electron chi connectivity index (χ2n) is 5.49. The highest BCUT2D eigenvalue weighted by Gasteiger charge is 2.28. The van der Waals surface area contributed by atoms with E-state index in [4.69, 9.17) is 4.84 Å². The van der Waals surface area contributed by atoms with Crippen LogP contribution in [0, 0.1) is 0 Å². The van der Waals surface area contributed by atoms with Gasteiger partial charge in [-0.1, -0.05) is 30.3 Å². The zero-order valence-corrected chi connectivity index (χ0v) is 13.8. The lowest BCUT2D eigenvalue weighted by Gasteiger charge is -2.17. The van der Waals surface area contributed by atoms with E-state index in [2.05, 4.69) is 5.48 Å². The Morgan fingerprint density at radius 1 is 1.08 bits per heavy atom. The van der Waals surface area contributed by atoms with Gasteiger partial charge in [-0.15, -0.1) is 0 Å². The van der Waals surface area contributed by atoms with Gasteiger partial charge >= 0.3 is 0 Å². The van der Waals surface area contributed by atoms with E-state index in [0.29, 0.717) is 24.2 Å². The van der Waals surface area contributed by atoms with Crippen LogP contribution in [0.4, 0.5) is 5.69 Å². The van der Waals surface area contributed by atoms with Gasteiger partial charge in [0.2, 0.25) is 10.0 Å². The van der Waals surface area contributed by atoms with Crippen LogP contribution in [0.3, 0.4) is 0 Å². The fraction of sp³-hybridized carbons (Fsp3) is 0.235. The number of hydroxylamine groups is 1. The fourth-order valence-corrected chi connectivity index (χ4v) is 4.09. The van der Waals surface area contributed by atoms with Gasteiger partial charge < -0.3 is 0 Å². The summed E-state index contributed by atoms with van der Waals surface area (Å²) in [6.45, 7) is 0.755. The van der Waals surface area contributed by atoms with Crippen LogP contribution in [0.25, 0.3) is 0 Å². The number of anilines is 1. The van der Waals surface area contributed by atoms with Crippen LogP contribution in [-0.4, -0.2) is 26.6 Å². The predicted octanol–water partition coefficient (Wildman–Crippen LogP) is 2.09. The van der Waals surface area contributed by atoms with Crippen molar-refractivity contribution in [1.82, 2.24) is 5.48 Å². The summed E-state index contributed by atoms with van der Waals surface area (Å²) in [6.07, 6.45) is 0.623. The molecule has 6 nitrogen and oxygen atoms in total. The highest BCUT2D eigenvalue weighted by Crippen LogP contribution is 2.24. The summed E-state index contributed by atoms with van der Waals surface area (Å²) in [7, 11) is -3.21. The first-order valence-corrected chi connectivity index (χ1v) is 9.24. The van der Waals surface area contributed by atoms with Crippen LogP contribution in [0.5, 0.6) is 0 Å². The number of carbonyl (C=O) groups is 1. The summed E-state index contributed by atoms with van der Waals surface area (Å²) < 4.78 is 25.1. The molecule has 1 N–H and O–H groups in total.